The minimum absolute atomic E-state index is 0.00268. The van der Waals surface area contributed by atoms with E-state index in [2.05, 4.69) is 4.98 Å². The molecule has 1 N–H and O–H groups in total. The number of halogens is 1. The first-order valence-corrected chi connectivity index (χ1v) is 10.7. The number of aliphatic hydroxyl groups is 1. The number of hydrogen-bond acceptors (Lipinski definition) is 6. The quantitative estimate of drug-likeness (QED) is 0.356. The highest BCUT2D eigenvalue weighted by Crippen LogP contribution is 2.42. The zero-order valence-electron chi connectivity index (χ0n) is 17.4. The molecule has 8 heteroatoms. The first kappa shape index (κ1) is 21.0. The van der Waals surface area contributed by atoms with Crippen molar-refractivity contribution in [3.63, 3.8) is 0 Å². The Hall–Kier alpha value is -3.84. The Labute approximate surface area is 194 Å². The summed E-state index contributed by atoms with van der Waals surface area (Å²) < 4.78 is 11.1. The molecule has 0 radical (unpaired) electrons. The number of carbonyl (C=O) groups is 2. The molecule has 1 atom stereocenters. The molecule has 0 spiro atoms. The zero-order valence-corrected chi connectivity index (χ0v) is 18.2. The van der Waals surface area contributed by atoms with Crippen LogP contribution in [0.1, 0.15) is 22.7 Å². The smallest absolute Gasteiger partial charge is 0.295 e. The lowest BCUT2D eigenvalue weighted by atomic mass is 9.95. The molecule has 0 saturated carbocycles. The maximum absolute atomic E-state index is 13.2. The first-order valence-electron chi connectivity index (χ1n) is 10.4. The van der Waals surface area contributed by atoms with E-state index in [1.165, 1.54) is 4.90 Å². The summed E-state index contributed by atoms with van der Waals surface area (Å²) in [6.45, 7) is 0.982. The third kappa shape index (κ3) is 3.91. The van der Waals surface area contributed by atoms with Gasteiger partial charge in [-0.05, 0) is 47.5 Å². The van der Waals surface area contributed by atoms with Crippen molar-refractivity contribution in [3.05, 3.63) is 94.3 Å². The number of ether oxygens (including phenoxy) is 2. The zero-order chi connectivity index (χ0) is 22.9. The molecule has 0 bridgehead atoms. The molecule has 5 rings (SSSR count). The molecule has 2 aromatic carbocycles. The first-order chi connectivity index (χ1) is 16.0. The van der Waals surface area contributed by atoms with Crippen LogP contribution in [0.2, 0.25) is 5.02 Å². The summed E-state index contributed by atoms with van der Waals surface area (Å²) in [5.74, 6) is -0.704. The number of nitrogens with zero attached hydrogens (tertiary/aromatic N) is 2. The number of amides is 1. The van der Waals surface area contributed by atoms with Crippen LogP contribution in [-0.4, -0.2) is 39.9 Å². The number of Topliss-reactive ketones (excluding diaryl/α,β-unsaturated/α-hetero) is 1. The predicted molar refractivity (Wildman–Crippen MR) is 121 cm³/mol. The predicted octanol–water partition coefficient (Wildman–Crippen LogP) is 4.13. The highest BCUT2D eigenvalue weighted by molar-refractivity contribution is 6.46. The van der Waals surface area contributed by atoms with E-state index < -0.39 is 17.7 Å². The number of hydrogen-bond donors (Lipinski definition) is 1. The molecule has 1 aromatic heterocycles. The minimum Gasteiger partial charge on any atom is -0.507 e. The van der Waals surface area contributed by atoms with Gasteiger partial charge >= 0.3 is 0 Å². The van der Waals surface area contributed by atoms with Crippen LogP contribution in [0, 0.1) is 0 Å². The standard InChI is InChI=1S/C25H19ClN2O5/c26-18-6-3-16(4-7-18)22-21(23(29)17-5-8-19-20(12-17)33-11-10-32-19)24(30)25(31)28(22)14-15-2-1-9-27-13-15/h1-9,12-13,22,29H,10-11,14H2/b23-21+/t22-/m1/s1. The van der Waals surface area contributed by atoms with Gasteiger partial charge in [-0.15, -0.1) is 0 Å². The summed E-state index contributed by atoms with van der Waals surface area (Å²) in [5, 5.41) is 11.7. The van der Waals surface area contributed by atoms with E-state index in [0.29, 0.717) is 40.9 Å². The molecule has 3 heterocycles. The highest BCUT2D eigenvalue weighted by Gasteiger charge is 2.46. The van der Waals surface area contributed by atoms with Gasteiger partial charge in [0.15, 0.2) is 11.5 Å². The van der Waals surface area contributed by atoms with Gasteiger partial charge in [0.25, 0.3) is 11.7 Å². The third-order valence-corrected chi connectivity index (χ3v) is 5.87. The van der Waals surface area contributed by atoms with Crippen LogP contribution < -0.4 is 9.47 Å². The Morgan fingerprint density at radius 1 is 1.06 bits per heavy atom. The van der Waals surface area contributed by atoms with Crippen molar-refractivity contribution in [1.82, 2.24) is 9.88 Å². The molecule has 0 unspecified atom stereocenters. The van der Waals surface area contributed by atoms with Crippen molar-refractivity contribution < 1.29 is 24.2 Å². The maximum atomic E-state index is 13.2. The fraction of sp³-hybridized carbons (Fsp3) is 0.160. The maximum Gasteiger partial charge on any atom is 0.295 e. The lowest BCUT2D eigenvalue weighted by Crippen LogP contribution is -2.29. The molecule has 0 aliphatic carbocycles. The van der Waals surface area contributed by atoms with Crippen molar-refractivity contribution in [1.29, 1.82) is 0 Å². The number of benzene rings is 2. The van der Waals surface area contributed by atoms with Crippen molar-refractivity contribution in [2.45, 2.75) is 12.6 Å². The Morgan fingerprint density at radius 3 is 2.55 bits per heavy atom. The largest absolute Gasteiger partial charge is 0.507 e. The van der Waals surface area contributed by atoms with Crippen LogP contribution in [0.15, 0.2) is 72.6 Å². The normalized spacial score (nSPS) is 19.1. The summed E-state index contributed by atoms with van der Waals surface area (Å²) in [4.78, 5) is 31.8. The fourth-order valence-corrected chi connectivity index (χ4v) is 4.20. The molecular formula is C25H19ClN2O5. The van der Waals surface area contributed by atoms with Gasteiger partial charge in [-0.3, -0.25) is 14.6 Å². The van der Waals surface area contributed by atoms with Gasteiger partial charge in [0.1, 0.15) is 19.0 Å². The van der Waals surface area contributed by atoms with Crippen molar-refractivity contribution in [3.8, 4) is 11.5 Å². The van der Waals surface area contributed by atoms with Gasteiger partial charge in [-0.1, -0.05) is 29.8 Å². The third-order valence-electron chi connectivity index (χ3n) is 5.62. The summed E-state index contributed by atoms with van der Waals surface area (Å²) >= 11 is 6.06. The van der Waals surface area contributed by atoms with E-state index >= 15 is 0 Å². The SMILES string of the molecule is O=C1C(=O)N(Cc2cccnc2)[C@H](c2ccc(Cl)cc2)/C1=C(\O)c1ccc2c(c1)OCCO2. The summed E-state index contributed by atoms with van der Waals surface area (Å²) in [6.07, 6.45) is 3.27. The summed E-state index contributed by atoms with van der Waals surface area (Å²) in [5.41, 5.74) is 1.78. The van der Waals surface area contributed by atoms with E-state index in [1.54, 1.807) is 60.9 Å². The highest BCUT2D eigenvalue weighted by atomic mass is 35.5. The van der Waals surface area contributed by atoms with Crippen LogP contribution in [0.25, 0.3) is 5.76 Å². The van der Waals surface area contributed by atoms with Gasteiger partial charge in [0, 0.05) is 29.5 Å². The number of fused-ring (bicyclic) bond motifs is 1. The average Bonchev–Trinajstić information content (AvgIpc) is 3.09. The number of pyridine rings is 1. The Bertz CT molecular complexity index is 1260. The Morgan fingerprint density at radius 2 is 1.82 bits per heavy atom. The topological polar surface area (TPSA) is 89.0 Å². The second-order valence-electron chi connectivity index (χ2n) is 7.70. The van der Waals surface area contributed by atoms with Crippen LogP contribution in [0.5, 0.6) is 11.5 Å². The van der Waals surface area contributed by atoms with Crippen LogP contribution in [0.4, 0.5) is 0 Å². The Kier molecular flexibility index (Phi) is 5.48. The van der Waals surface area contributed by atoms with E-state index in [1.807, 2.05) is 6.07 Å². The van der Waals surface area contributed by atoms with Crippen LogP contribution in [-0.2, 0) is 16.1 Å². The molecule has 3 aromatic rings. The van der Waals surface area contributed by atoms with Gasteiger partial charge in [0.05, 0.1) is 11.6 Å². The lowest BCUT2D eigenvalue weighted by Gasteiger charge is -2.25. The molecular weight excluding hydrogens is 444 g/mol. The lowest BCUT2D eigenvalue weighted by molar-refractivity contribution is -0.140. The van der Waals surface area contributed by atoms with E-state index in [-0.39, 0.29) is 17.9 Å². The second-order valence-corrected chi connectivity index (χ2v) is 8.13. The second kappa shape index (κ2) is 8.60. The van der Waals surface area contributed by atoms with Gasteiger partial charge < -0.3 is 19.5 Å². The van der Waals surface area contributed by atoms with Crippen LogP contribution >= 0.6 is 11.6 Å². The van der Waals surface area contributed by atoms with Gasteiger partial charge in [-0.2, -0.15) is 0 Å². The van der Waals surface area contributed by atoms with Crippen molar-refractivity contribution >= 4 is 29.1 Å². The van der Waals surface area contributed by atoms with E-state index in [9.17, 15) is 14.7 Å². The minimum atomic E-state index is -0.796. The van der Waals surface area contributed by atoms with Crippen molar-refractivity contribution in [2.24, 2.45) is 0 Å². The van der Waals surface area contributed by atoms with Crippen molar-refractivity contribution in [2.75, 3.05) is 13.2 Å². The van der Waals surface area contributed by atoms with Gasteiger partial charge in [-0.25, -0.2) is 0 Å². The Balaban J connectivity index is 1.63. The molecule has 2 aliphatic heterocycles. The number of aromatic nitrogens is 1. The number of rotatable bonds is 4. The number of ketones is 1. The van der Waals surface area contributed by atoms with E-state index in [0.717, 1.165) is 5.56 Å². The van der Waals surface area contributed by atoms with E-state index in [4.69, 9.17) is 21.1 Å². The molecule has 1 saturated heterocycles. The average molecular weight is 463 g/mol. The molecule has 166 valence electrons. The monoisotopic (exact) mass is 462 g/mol. The van der Waals surface area contributed by atoms with Crippen LogP contribution in [0.3, 0.4) is 0 Å². The summed E-state index contributed by atoms with van der Waals surface area (Å²) in [6, 6.07) is 14.6. The van der Waals surface area contributed by atoms with Gasteiger partial charge in [0.2, 0.25) is 0 Å². The molecule has 1 fully saturated rings. The number of aliphatic hydroxyl groups excluding tert-OH is 1. The molecule has 7 nitrogen and oxygen atoms in total. The fourth-order valence-electron chi connectivity index (χ4n) is 4.07. The molecule has 2 aliphatic rings. The number of carbonyl (C=O) groups excluding carboxylic acids is 2. The molecule has 1 amide bonds. The number of likely N-dealkylation sites (tertiary alicyclic amines) is 1. The summed E-state index contributed by atoms with van der Waals surface area (Å²) in [7, 11) is 0. The molecule has 33 heavy (non-hydrogen) atoms.